The fourth-order valence-corrected chi connectivity index (χ4v) is 2.37. The average molecular weight is 237 g/mol. The first-order chi connectivity index (χ1) is 8.20. The van der Waals surface area contributed by atoms with Gasteiger partial charge in [-0.15, -0.1) is 0 Å². The standard InChI is InChI=1S/C12H23N5/c1-10-14-8-11(15-10)12(9-13-2)17-6-4-16(3)5-7-17/h8,12-13H,4-7,9H2,1-3H3,(H,14,15). The smallest absolute Gasteiger partial charge is 0.103 e. The molecule has 0 radical (unpaired) electrons. The lowest BCUT2D eigenvalue weighted by Gasteiger charge is -2.37. The molecule has 0 bridgehead atoms. The Balaban J connectivity index is 2.06. The summed E-state index contributed by atoms with van der Waals surface area (Å²) >= 11 is 0. The van der Waals surface area contributed by atoms with Crippen molar-refractivity contribution in [2.24, 2.45) is 0 Å². The lowest BCUT2D eigenvalue weighted by molar-refractivity contribution is 0.109. The van der Waals surface area contributed by atoms with E-state index in [1.54, 1.807) is 0 Å². The number of aromatic amines is 1. The van der Waals surface area contributed by atoms with Crippen molar-refractivity contribution in [3.63, 3.8) is 0 Å². The number of nitrogens with zero attached hydrogens (tertiary/aromatic N) is 3. The molecule has 0 amide bonds. The predicted octanol–water partition coefficient (Wildman–Crippen LogP) is 0.226. The van der Waals surface area contributed by atoms with Crippen LogP contribution in [-0.4, -0.2) is 66.6 Å². The number of nitrogens with one attached hydrogen (secondary N) is 2. The van der Waals surface area contributed by atoms with Crippen molar-refractivity contribution >= 4 is 0 Å². The fourth-order valence-electron chi connectivity index (χ4n) is 2.37. The Hall–Kier alpha value is -0.910. The third kappa shape index (κ3) is 3.06. The average Bonchev–Trinajstić information content (AvgIpc) is 2.74. The van der Waals surface area contributed by atoms with Gasteiger partial charge in [0.15, 0.2) is 0 Å². The Bertz CT molecular complexity index is 340. The molecular formula is C12H23N5. The molecule has 1 aromatic rings. The molecule has 0 saturated carbocycles. The second-order valence-electron chi connectivity index (χ2n) is 4.84. The van der Waals surface area contributed by atoms with Crippen LogP contribution in [-0.2, 0) is 0 Å². The third-order valence-electron chi connectivity index (χ3n) is 3.46. The highest BCUT2D eigenvalue weighted by Gasteiger charge is 2.24. The Kier molecular flexibility index (Phi) is 4.15. The third-order valence-corrected chi connectivity index (χ3v) is 3.46. The van der Waals surface area contributed by atoms with E-state index in [0.29, 0.717) is 6.04 Å². The lowest BCUT2D eigenvalue weighted by atomic mass is 10.1. The number of rotatable bonds is 4. The first kappa shape index (κ1) is 12.5. The van der Waals surface area contributed by atoms with Gasteiger partial charge in [0.1, 0.15) is 5.82 Å². The van der Waals surface area contributed by atoms with E-state index in [1.165, 1.54) is 5.69 Å². The maximum absolute atomic E-state index is 4.31. The van der Waals surface area contributed by atoms with Crippen LogP contribution in [0.15, 0.2) is 6.20 Å². The number of likely N-dealkylation sites (N-methyl/N-ethyl adjacent to an activating group) is 2. The minimum Gasteiger partial charge on any atom is -0.345 e. The van der Waals surface area contributed by atoms with Gasteiger partial charge in [-0.2, -0.15) is 0 Å². The van der Waals surface area contributed by atoms with Crippen LogP contribution >= 0.6 is 0 Å². The summed E-state index contributed by atoms with van der Waals surface area (Å²) in [7, 11) is 4.19. The van der Waals surface area contributed by atoms with E-state index < -0.39 is 0 Å². The maximum atomic E-state index is 4.31. The molecule has 1 aliphatic heterocycles. The van der Waals surface area contributed by atoms with Crippen molar-refractivity contribution < 1.29 is 0 Å². The summed E-state index contributed by atoms with van der Waals surface area (Å²) in [6.07, 6.45) is 1.97. The highest BCUT2D eigenvalue weighted by molar-refractivity contribution is 5.07. The molecule has 1 unspecified atom stereocenters. The summed E-state index contributed by atoms with van der Waals surface area (Å²) < 4.78 is 0. The van der Waals surface area contributed by atoms with Gasteiger partial charge >= 0.3 is 0 Å². The number of hydrogen-bond acceptors (Lipinski definition) is 4. The molecule has 1 atom stereocenters. The minimum absolute atomic E-state index is 0.412. The molecule has 1 fully saturated rings. The molecule has 2 heterocycles. The molecule has 2 rings (SSSR count). The van der Waals surface area contributed by atoms with Gasteiger partial charge in [-0.3, -0.25) is 4.90 Å². The predicted molar refractivity (Wildman–Crippen MR) is 69.1 cm³/mol. The molecule has 96 valence electrons. The van der Waals surface area contributed by atoms with E-state index >= 15 is 0 Å². The zero-order chi connectivity index (χ0) is 12.3. The Morgan fingerprint density at radius 1 is 1.41 bits per heavy atom. The van der Waals surface area contributed by atoms with Gasteiger partial charge in [-0.25, -0.2) is 4.98 Å². The van der Waals surface area contributed by atoms with E-state index in [-0.39, 0.29) is 0 Å². The largest absolute Gasteiger partial charge is 0.345 e. The summed E-state index contributed by atoms with van der Waals surface area (Å²) in [5.74, 6) is 0.996. The number of aryl methyl sites for hydroxylation is 1. The normalized spacial score (nSPS) is 20.6. The molecular weight excluding hydrogens is 214 g/mol. The lowest BCUT2D eigenvalue weighted by Crippen LogP contribution is -2.47. The van der Waals surface area contributed by atoms with Crippen LogP contribution in [0.3, 0.4) is 0 Å². The Labute approximate surface area is 103 Å². The Morgan fingerprint density at radius 2 is 2.12 bits per heavy atom. The van der Waals surface area contributed by atoms with Crippen LogP contribution in [0.2, 0.25) is 0 Å². The maximum Gasteiger partial charge on any atom is 0.103 e. The summed E-state index contributed by atoms with van der Waals surface area (Å²) in [5.41, 5.74) is 1.22. The number of hydrogen-bond donors (Lipinski definition) is 2. The van der Waals surface area contributed by atoms with E-state index in [1.807, 2.05) is 20.2 Å². The van der Waals surface area contributed by atoms with Crippen molar-refractivity contribution in [3.8, 4) is 0 Å². The van der Waals surface area contributed by atoms with Crippen LogP contribution in [0.1, 0.15) is 17.6 Å². The van der Waals surface area contributed by atoms with Crippen LogP contribution in [0.4, 0.5) is 0 Å². The van der Waals surface area contributed by atoms with Gasteiger partial charge in [0.25, 0.3) is 0 Å². The van der Waals surface area contributed by atoms with Gasteiger partial charge in [-0.1, -0.05) is 0 Å². The number of piperazine rings is 1. The highest BCUT2D eigenvalue weighted by atomic mass is 15.3. The molecule has 0 aromatic carbocycles. The van der Waals surface area contributed by atoms with Gasteiger partial charge in [0, 0.05) is 38.9 Å². The van der Waals surface area contributed by atoms with E-state index in [0.717, 1.165) is 38.5 Å². The molecule has 0 spiro atoms. The van der Waals surface area contributed by atoms with Crippen molar-refractivity contribution in [2.45, 2.75) is 13.0 Å². The van der Waals surface area contributed by atoms with E-state index in [4.69, 9.17) is 0 Å². The zero-order valence-corrected chi connectivity index (χ0v) is 11.0. The fraction of sp³-hybridized carbons (Fsp3) is 0.750. The van der Waals surface area contributed by atoms with Crippen molar-refractivity contribution in [3.05, 3.63) is 17.7 Å². The highest BCUT2D eigenvalue weighted by Crippen LogP contribution is 2.19. The first-order valence-corrected chi connectivity index (χ1v) is 6.29. The van der Waals surface area contributed by atoms with Crippen molar-refractivity contribution in [2.75, 3.05) is 46.8 Å². The van der Waals surface area contributed by atoms with Gasteiger partial charge in [0.2, 0.25) is 0 Å². The van der Waals surface area contributed by atoms with Crippen LogP contribution < -0.4 is 5.32 Å². The number of imidazole rings is 1. The summed E-state index contributed by atoms with van der Waals surface area (Å²) in [4.78, 5) is 12.6. The second-order valence-corrected chi connectivity index (χ2v) is 4.84. The quantitative estimate of drug-likeness (QED) is 0.787. The van der Waals surface area contributed by atoms with Crippen LogP contribution in [0, 0.1) is 6.92 Å². The topological polar surface area (TPSA) is 47.2 Å². The molecule has 2 N–H and O–H groups in total. The van der Waals surface area contributed by atoms with Crippen LogP contribution in [0.5, 0.6) is 0 Å². The number of H-pyrrole nitrogens is 1. The second kappa shape index (κ2) is 5.62. The minimum atomic E-state index is 0.412. The Morgan fingerprint density at radius 3 is 2.65 bits per heavy atom. The molecule has 1 saturated heterocycles. The SMILES string of the molecule is CNCC(c1cnc(C)[nH]1)N1CCN(C)CC1. The molecule has 17 heavy (non-hydrogen) atoms. The summed E-state index contributed by atoms with van der Waals surface area (Å²) in [6.45, 7) is 7.51. The first-order valence-electron chi connectivity index (χ1n) is 6.29. The van der Waals surface area contributed by atoms with Gasteiger partial charge in [0.05, 0.1) is 11.7 Å². The van der Waals surface area contributed by atoms with Gasteiger partial charge < -0.3 is 15.2 Å². The van der Waals surface area contributed by atoms with Crippen LogP contribution in [0.25, 0.3) is 0 Å². The molecule has 1 aliphatic rings. The molecule has 1 aromatic heterocycles. The molecule has 5 heteroatoms. The zero-order valence-electron chi connectivity index (χ0n) is 11.0. The number of aromatic nitrogens is 2. The molecule has 0 aliphatic carbocycles. The van der Waals surface area contributed by atoms with E-state index in [2.05, 4.69) is 32.1 Å². The van der Waals surface area contributed by atoms with Crippen molar-refractivity contribution in [1.82, 2.24) is 25.1 Å². The summed E-state index contributed by atoms with van der Waals surface area (Å²) in [5, 5.41) is 3.28. The van der Waals surface area contributed by atoms with E-state index in [9.17, 15) is 0 Å². The summed E-state index contributed by atoms with van der Waals surface area (Å²) in [6, 6.07) is 0.412. The van der Waals surface area contributed by atoms with Crippen molar-refractivity contribution in [1.29, 1.82) is 0 Å². The molecule has 5 nitrogen and oxygen atoms in total. The van der Waals surface area contributed by atoms with Gasteiger partial charge in [-0.05, 0) is 21.0 Å². The monoisotopic (exact) mass is 237 g/mol.